The van der Waals surface area contributed by atoms with Crippen molar-refractivity contribution in [2.45, 2.75) is 25.8 Å². The summed E-state index contributed by atoms with van der Waals surface area (Å²) in [5.41, 5.74) is 2.81. The molecule has 0 aliphatic carbocycles. The number of rotatable bonds is 4. The van der Waals surface area contributed by atoms with E-state index in [1.165, 1.54) is 0 Å². The molecule has 1 aromatic heterocycles. The van der Waals surface area contributed by atoms with Crippen LogP contribution in [0, 0.1) is 5.92 Å². The lowest BCUT2D eigenvalue weighted by Crippen LogP contribution is -2.41. The molecule has 1 saturated heterocycles. The van der Waals surface area contributed by atoms with E-state index in [0.717, 1.165) is 42.6 Å². The molecule has 2 heterocycles. The van der Waals surface area contributed by atoms with E-state index in [-0.39, 0.29) is 17.9 Å². The number of fused-ring (bicyclic) bond motifs is 1. The van der Waals surface area contributed by atoms with E-state index >= 15 is 0 Å². The fourth-order valence-corrected chi connectivity index (χ4v) is 3.48. The Morgan fingerprint density at radius 3 is 2.54 bits per heavy atom. The van der Waals surface area contributed by atoms with Crippen LogP contribution in [0.3, 0.4) is 0 Å². The topological polar surface area (TPSA) is 58.4 Å². The number of nitrogens with zero attached hydrogens (tertiary/aromatic N) is 2. The first-order valence-electron chi connectivity index (χ1n) is 9.16. The van der Waals surface area contributed by atoms with Crippen LogP contribution in [-0.2, 0) is 4.79 Å². The molecular formula is C21H23N3O2. The third kappa shape index (κ3) is 3.43. The van der Waals surface area contributed by atoms with Crippen LogP contribution in [0.15, 0.2) is 59.0 Å². The number of carbonyl (C=O) groups is 1. The number of amides is 1. The van der Waals surface area contributed by atoms with Crippen LogP contribution in [0.5, 0.6) is 0 Å². The van der Waals surface area contributed by atoms with Crippen molar-refractivity contribution in [3.8, 4) is 0 Å². The Morgan fingerprint density at radius 1 is 1.12 bits per heavy atom. The molecule has 1 fully saturated rings. The summed E-state index contributed by atoms with van der Waals surface area (Å²) in [6, 6.07) is 18.5. The SMILES string of the molecule is C[C@H](NC(=O)C1CCN(c2nc3ccccc3o2)CC1)c1ccccc1. The summed E-state index contributed by atoms with van der Waals surface area (Å²) in [4.78, 5) is 19.3. The molecule has 1 aliphatic rings. The van der Waals surface area contributed by atoms with Crippen LogP contribution in [-0.4, -0.2) is 24.0 Å². The van der Waals surface area contributed by atoms with Crippen LogP contribution in [0.25, 0.3) is 11.1 Å². The number of piperidine rings is 1. The molecule has 1 aliphatic heterocycles. The first kappa shape index (κ1) is 16.6. The first-order chi connectivity index (χ1) is 12.7. The lowest BCUT2D eigenvalue weighted by Gasteiger charge is -2.30. The highest BCUT2D eigenvalue weighted by Crippen LogP contribution is 2.26. The molecule has 5 heteroatoms. The van der Waals surface area contributed by atoms with E-state index in [1.807, 2.05) is 61.5 Å². The minimum atomic E-state index is 0.0266. The largest absolute Gasteiger partial charge is 0.423 e. The van der Waals surface area contributed by atoms with Gasteiger partial charge in [0.15, 0.2) is 5.58 Å². The summed E-state index contributed by atoms with van der Waals surface area (Å²) in [6.07, 6.45) is 1.62. The van der Waals surface area contributed by atoms with Crippen LogP contribution < -0.4 is 10.2 Å². The third-order valence-electron chi connectivity index (χ3n) is 5.08. The number of para-hydroxylation sites is 2. The molecule has 0 radical (unpaired) electrons. The van der Waals surface area contributed by atoms with Crippen LogP contribution in [0.4, 0.5) is 6.01 Å². The fourth-order valence-electron chi connectivity index (χ4n) is 3.48. The standard InChI is InChI=1S/C21H23N3O2/c1-15(16-7-3-2-4-8-16)22-20(25)17-11-13-24(14-12-17)21-23-18-9-5-6-10-19(18)26-21/h2-10,15,17H,11-14H2,1H3,(H,22,25)/t15-/m0/s1. The highest BCUT2D eigenvalue weighted by atomic mass is 16.4. The normalized spacial score (nSPS) is 16.6. The highest BCUT2D eigenvalue weighted by molar-refractivity contribution is 5.79. The number of benzene rings is 2. The second-order valence-corrected chi connectivity index (χ2v) is 6.87. The van der Waals surface area contributed by atoms with Crippen molar-refractivity contribution in [1.82, 2.24) is 10.3 Å². The molecule has 4 rings (SSSR count). The Bertz CT molecular complexity index is 849. The summed E-state index contributed by atoms with van der Waals surface area (Å²) in [5, 5.41) is 3.15. The Balaban J connectivity index is 1.35. The lowest BCUT2D eigenvalue weighted by atomic mass is 9.95. The molecular weight excluding hydrogens is 326 g/mol. The molecule has 5 nitrogen and oxygen atoms in total. The minimum absolute atomic E-state index is 0.0266. The van der Waals surface area contributed by atoms with E-state index in [1.54, 1.807) is 0 Å². The van der Waals surface area contributed by atoms with Gasteiger partial charge in [-0.3, -0.25) is 4.79 Å². The quantitative estimate of drug-likeness (QED) is 0.775. The number of hydrogen-bond acceptors (Lipinski definition) is 4. The summed E-state index contributed by atoms with van der Waals surface area (Å²) < 4.78 is 5.84. The number of hydrogen-bond donors (Lipinski definition) is 1. The number of anilines is 1. The van der Waals surface area contributed by atoms with Gasteiger partial charge >= 0.3 is 0 Å². The van der Waals surface area contributed by atoms with E-state index in [0.29, 0.717) is 6.01 Å². The maximum Gasteiger partial charge on any atom is 0.298 e. The Morgan fingerprint density at radius 2 is 1.81 bits per heavy atom. The van der Waals surface area contributed by atoms with Crippen LogP contribution >= 0.6 is 0 Å². The van der Waals surface area contributed by atoms with Gasteiger partial charge in [-0.15, -0.1) is 0 Å². The zero-order valence-corrected chi connectivity index (χ0v) is 14.9. The van der Waals surface area contributed by atoms with E-state index < -0.39 is 0 Å². The van der Waals surface area contributed by atoms with Crippen molar-refractivity contribution < 1.29 is 9.21 Å². The Labute approximate surface area is 153 Å². The smallest absolute Gasteiger partial charge is 0.298 e. The fraction of sp³-hybridized carbons (Fsp3) is 0.333. The van der Waals surface area contributed by atoms with Gasteiger partial charge in [-0.25, -0.2) is 0 Å². The number of nitrogens with one attached hydrogen (secondary N) is 1. The van der Waals surface area contributed by atoms with Crippen molar-refractivity contribution in [2.75, 3.05) is 18.0 Å². The van der Waals surface area contributed by atoms with E-state index in [2.05, 4.69) is 15.2 Å². The molecule has 3 aromatic rings. The monoisotopic (exact) mass is 349 g/mol. The molecule has 2 aromatic carbocycles. The van der Waals surface area contributed by atoms with Gasteiger partial charge in [0, 0.05) is 19.0 Å². The number of oxazole rings is 1. The molecule has 0 unspecified atom stereocenters. The molecule has 1 N–H and O–H groups in total. The highest BCUT2D eigenvalue weighted by Gasteiger charge is 2.28. The first-order valence-corrected chi connectivity index (χ1v) is 9.16. The van der Waals surface area contributed by atoms with Gasteiger partial charge in [-0.05, 0) is 37.5 Å². The van der Waals surface area contributed by atoms with Crippen LogP contribution in [0.2, 0.25) is 0 Å². The minimum Gasteiger partial charge on any atom is -0.423 e. The molecule has 0 bridgehead atoms. The van der Waals surface area contributed by atoms with Gasteiger partial charge in [0.2, 0.25) is 5.91 Å². The third-order valence-corrected chi connectivity index (χ3v) is 5.08. The average molecular weight is 349 g/mol. The van der Waals surface area contributed by atoms with Gasteiger partial charge in [-0.1, -0.05) is 42.5 Å². The Kier molecular flexibility index (Phi) is 4.61. The molecule has 1 atom stereocenters. The van der Waals surface area contributed by atoms with Gasteiger partial charge in [0.25, 0.3) is 6.01 Å². The van der Waals surface area contributed by atoms with Gasteiger partial charge in [0.1, 0.15) is 5.52 Å². The van der Waals surface area contributed by atoms with E-state index in [4.69, 9.17) is 4.42 Å². The molecule has 0 spiro atoms. The summed E-state index contributed by atoms with van der Waals surface area (Å²) in [6.45, 7) is 3.59. The zero-order valence-electron chi connectivity index (χ0n) is 14.9. The van der Waals surface area contributed by atoms with Crippen LogP contribution in [0.1, 0.15) is 31.4 Å². The van der Waals surface area contributed by atoms with E-state index in [9.17, 15) is 4.79 Å². The molecule has 1 amide bonds. The van der Waals surface area contributed by atoms with Crippen molar-refractivity contribution in [2.24, 2.45) is 5.92 Å². The summed E-state index contributed by atoms with van der Waals surface area (Å²) in [5.74, 6) is 0.181. The maximum absolute atomic E-state index is 12.6. The molecule has 0 saturated carbocycles. The van der Waals surface area contributed by atoms with Crippen molar-refractivity contribution in [3.05, 3.63) is 60.2 Å². The summed E-state index contributed by atoms with van der Waals surface area (Å²) in [7, 11) is 0. The van der Waals surface area contributed by atoms with Gasteiger partial charge in [-0.2, -0.15) is 4.98 Å². The lowest BCUT2D eigenvalue weighted by molar-refractivity contribution is -0.126. The van der Waals surface area contributed by atoms with Crippen molar-refractivity contribution >= 4 is 23.0 Å². The van der Waals surface area contributed by atoms with Gasteiger partial charge in [0.05, 0.1) is 6.04 Å². The summed E-state index contributed by atoms with van der Waals surface area (Å²) >= 11 is 0. The second kappa shape index (κ2) is 7.20. The number of carbonyl (C=O) groups excluding carboxylic acids is 1. The maximum atomic E-state index is 12.6. The second-order valence-electron chi connectivity index (χ2n) is 6.87. The molecule has 134 valence electrons. The Hall–Kier alpha value is -2.82. The average Bonchev–Trinajstić information content (AvgIpc) is 3.13. The predicted octanol–water partition coefficient (Wildman–Crippen LogP) is 3.92. The van der Waals surface area contributed by atoms with Crippen molar-refractivity contribution in [3.63, 3.8) is 0 Å². The van der Waals surface area contributed by atoms with Gasteiger partial charge < -0.3 is 14.6 Å². The van der Waals surface area contributed by atoms with Crippen molar-refractivity contribution in [1.29, 1.82) is 0 Å². The number of aromatic nitrogens is 1. The molecule has 26 heavy (non-hydrogen) atoms. The predicted molar refractivity (Wildman–Crippen MR) is 102 cm³/mol. The zero-order chi connectivity index (χ0) is 17.9.